The smallest absolute Gasteiger partial charge is 0.221 e. The second kappa shape index (κ2) is 16.6. The van der Waals surface area contributed by atoms with Crippen LogP contribution in [0.2, 0.25) is 0 Å². The van der Waals surface area contributed by atoms with E-state index in [0.717, 1.165) is 47.6 Å². The normalized spacial score (nSPS) is 13.0. The summed E-state index contributed by atoms with van der Waals surface area (Å²) in [5, 5.41) is 14.8. The van der Waals surface area contributed by atoms with E-state index in [1.165, 1.54) is 38.3 Å². The number of carbonyl (C=O) groups excluding carboxylic acids is 1. The molecular weight excluding hydrogens is 805 g/mol. The fourth-order valence-electron chi connectivity index (χ4n) is 5.62. The number of nitrogens with zero attached hydrogens (tertiary/aromatic N) is 2. The zero-order chi connectivity index (χ0) is 35.3. The van der Waals surface area contributed by atoms with Crippen LogP contribution in [0.1, 0.15) is 104 Å². The van der Waals surface area contributed by atoms with E-state index in [9.17, 15) is 9.90 Å². The van der Waals surface area contributed by atoms with Crippen molar-refractivity contribution < 1.29 is 34.4 Å². The van der Waals surface area contributed by atoms with E-state index in [4.69, 9.17) is 4.42 Å². The first-order valence-corrected chi connectivity index (χ1v) is 17.9. The zero-order valence-electron chi connectivity index (χ0n) is 30.7. The van der Waals surface area contributed by atoms with Crippen molar-refractivity contribution >= 4 is 67.4 Å². The van der Waals surface area contributed by atoms with E-state index >= 15 is 0 Å². The van der Waals surface area contributed by atoms with Gasteiger partial charge in [0, 0.05) is 58.0 Å². The molecule has 5 nitrogen and oxygen atoms in total. The van der Waals surface area contributed by atoms with Crippen molar-refractivity contribution in [3.63, 3.8) is 0 Å². The summed E-state index contributed by atoms with van der Waals surface area (Å²) in [6.07, 6.45) is 8.09. The van der Waals surface area contributed by atoms with E-state index in [-0.39, 0.29) is 47.9 Å². The monoisotopic (exact) mass is 856 g/mol. The molecular formula is C42H51IrN2O3S-. The number of aliphatic hydroxyl groups excluding tert-OH is 1. The average molecular weight is 856 g/mol. The van der Waals surface area contributed by atoms with Gasteiger partial charge in [-0.3, -0.25) is 9.79 Å². The minimum atomic E-state index is -0.337. The van der Waals surface area contributed by atoms with Crippen molar-refractivity contribution in [2.45, 2.75) is 100 Å². The molecule has 5 aromatic rings. The largest absolute Gasteiger partial charge is 0.512 e. The topological polar surface area (TPSA) is 75.2 Å². The molecule has 0 saturated carbocycles. The molecule has 0 aliphatic rings. The van der Waals surface area contributed by atoms with Gasteiger partial charge in [0.25, 0.3) is 0 Å². The molecule has 2 aromatic heterocycles. The van der Waals surface area contributed by atoms with E-state index in [0.29, 0.717) is 5.88 Å². The number of hydrogen-bond acceptors (Lipinski definition) is 5. The third kappa shape index (κ3) is 9.25. The Morgan fingerprint density at radius 2 is 1.55 bits per heavy atom. The van der Waals surface area contributed by atoms with Crippen LogP contribution in [0.3, 0.4) is 0 Å². The van der Waals surface area contributed by atoms with Gasteiger partial charge in [0.15, 0.2) is 5.78 Å². The fraction of sp³-hybridized carbons (Fsp3) is 0.405. The molecule has 3 aromatic carbocycles. The maximum atomic E-state index is 12.2. The maximum absolute atomic E-state index is 12.2. The van der Waals surface area contributed by atoms with E-state index in [1.54, 1.807) is 17.6 Å². The van der Waals surface area contributed by atoms with Crippen molar-refractivity contribution in [3.05, 3.63) is 88.5 Å². The number of aliphatic hydroxyl groups is 1. The van der Waals surface area contributed by atoms with Gasteiger partial charge < -0.3 is 9.52 Å². The van der Waals surface area contributed by atoms with Crippen LogP contribution in [0.5, 0.6) is 0 Å². The van der Waals surface area contributed by atoms with Gasteiger partial charge in [0.2, 0.25) is 5.88 Å². The number of aryl methyl sites for hydroxylation is 1. The molecule has 0 spiro atoms. The van der Waals surface area contributed by atoms with Crippen molar-refractivity contribution in [1.29, 1.82) is 0 Å². The summed E-state index contributed by atoms with van der Waals surface area (Å²) in [4.78, 5) is 22.3. The molecule has 49 heavy (non-hydrogen) atoms. The van der Waals surface area contributed by atoms with Crippen molar-refractivity contribution in [2.75, 3.05) is 0 Å². The summed E-state index contributed by atoms with van der Waals surface area (Å²) >= 11 is 1.78. The molecule has 0 aliphatic heterocycles. The molecule has 2 heterocycles. The first-order chi connectivity index (χ1) is 22.7. The van der Waals surface area contributed by atoms with E-state index in [2.05, 4.69) is 80.1 Å². The van der Waals surface area contributed by atoms with Gasteiger partial charge in [-0.2, -0.15) is 0 Å². The molecule has 5 rings (SSSR count). The summed E-state index contributed by atoms with van der Waals surface area (Å²) < 4.78 is 7.13. The second-order valence-corrected chi connectivity index (χ2v) is 15.5. The summed E-state index contributed by atoms with van der Waals surface area (Å²) in [5.41, 5.74) is 2.51. The number of furan rings is 1. The number of benzene rings is 3. The molecule has 1 N–H and O–H groups in total. The third-order valence-electron chi connectivity index (χ3n) is 9.96. The Balaban J connectivity index is 0.000000312. The Hall–Kier alpha value is -3.38. The molecule has 0 atom stereocenters. The minimum absolute atomic E-state index is 0. The van der Waals surface area contributed by atoms with Crippen LogP contribution in [0.25, 0.3) is 31.8 Å². The number of ketones is 1. The van der Waals surface area contributed by atoms with Crippen LogP contribution in [0.15, 0.2) is 80.8 Å². The van der Waals surface area contributed by atoms with Crippen LogP contribution in [-0.4, -0.2) is 23.4 Å². The van der Waals surface area contributed by atoms with Crippen LogP contribution in [0, 0.1) is 23.8 Å². The summed E-state index contributed by atoms with van der Waals surface area (Å²) in [5.74, 6) is 0.845. The van der Waals surface area contributed by atoms with Gasteiger partial charge in [-0.15, -0.1) is 46.0 Å². The summed E-state index contributed by atoms with van der Waals surface area (Å²) in [6, 6.07) is 22.3. The second-order valence-electron chi connectivity index (χ2n) is 14.2. The predicted octanol–water partition coefficient (Wildman–Crippen LogP) is 12.6. The number of fused-ring (bicyclic) bond motifs is 4. The average Bonchev–Trinajstić information content (AvgIpc) is 3.67. The van der Waals surface area contributed by atoms with Crippen molar-refractivity contribution in [2.24, 2.45) is 20.8 Å². The fourth-order valence-corrected chi connectivity index (χ4v) is 6.64. The standard InChI is InChI=1S/C27H23N2OS.C15H28O2.Ir/c1-17-11-20-9-10-24-22(26(20)31-17)14-25(30-24)29-16-28-15-18-12-19-7-5-6-8-21(19)23(13-18)27(2,3)4;1-7-14(5,8-2)12(16)11-13(17)15(6,9-3)10-4;/h5-11,13-16H,1-4H3;11,16H,7-10H2,1-6H3;/q-1;;/b28-15?,29-16-;12-11-;. The molecule has 0 aliphatic carbocycles. The van der Waals surface area contributed by atoms with Crippen LogP contribution >= 0.6 is 11.3 Å². The third-order valence-corrected chi connectivity index (χ3v) is 11.1. The number of allylic oxidation sites excluding steroid dienone is 2. The Morgan fingerprint density at radius 3 is 2.18 bits per heavy atom. The first kappa shape index (κ1) is 40.1. The molecule has 0 amide bonds. The molecule has 7 heteroatoms. The molecule has 0 bridgehead atoms. The van der Waals surface area contributed by atoms with Crippen LogP contribution < -0.4 is 0 Å². The van der Waals surface area contributed by atoms with Gasteiger partial charge >= 0.3 is 0 Å². The molecule has 263 valence electrons. The maximum Gasteiger partial charge on any atom is 0.221 e. The zero-order valence-corrected chi connectivity index (χ0v) is 33.9. The van der Waals surface area contributed by atoms with Crippen LogP contribution in [0.4, 0.5) is 5.88 Å². The number of aliphatic imine (C=N–C) groups is 2. The number of carbonyl (C=O) groups is 1. The van der Waals surface area contributed by atoms with Gasteiger partial charge in [-0.05, 0) is 67.8 Å². The van der Waals surface area contributed by atoms with E-state index < -0.39 is 0 Å². The minimum Gasteiger partial charge on any atom is -0.512 e. The summed E-state index contributed by atoms with van der Waals surface area (Å²) in [6.45, 7) is 20.9. The number of rotatable bonds is 10. The Morgan fingerprint density at radius 1 is 0.898 bits per heavy atom. The molecule has 0 saturated heterocycles. The van der Waals surface area contributed by atoms with E-state index in [1.807, 2.05) is 59.7 Å². The molecule has 1 radical (unpaired) electrons. The Labute approximate surface area is 310 Å². The number of hydrogen-bond donors (Lipinski definition) is 1. The Bertz CT molecular complexity index is 1980. The van der Waals surface area contributed by atoms with Crippen molar-refractivity contribution in [3.8, 4) is 0 Å². The van der Waals surface area contributed by atoms with Crippen LogP contribution in [-0.2, 0) is 30.3 Å². The first-order valence-electron chi connectivity index (χ1n) is 17.1. The SMILES string of the molecule is CCC(C)(CC)C(=O)/C=C(\O)C(C)(CC)CC.Cc1cc2ccc3oc(/N=C\N=Cc4[c-]c5ccccc5c(C(C)(C)C)c4)cc3c2s1.[Ir]. The molecule has 0 unspecified atom stereocenters. The van der Waals surface area contributed by atoms with Gasteiger partial charge in [0.1, 0.15) is 17.7 Å². The number of thiophene rings is 1. The van der Waals surface area contributed by atoms with Gasteiger partial charge in [0.05, 0.1) is 0 Å². The van der Waals surface area contributed by atoms with Crippen molar-refractivity contribution in [1.82, 2.24) is 0 Å². The quantitative estimate of drug-likeness (QED) is 0.0500. The van der Waals surface area contributed by atoms with Gasteiger partial charge in [-0.1, -0.05) is 85.9 Å². The molecule has 0 fully saturated rings. The predicted molar refractivity (Wildman–Crippen MR) is 207 cm³/mol. The van der Waals surface area contributed by atoms with Gasteiger partial charge in [-0.25, -0.2) is 4.99 Å². The summed E-state index contributed by atoms with van der Waals surface area (Å²) in [7, 11) is 0. The Kier molecular flexibility index (Phi) is 13.5.